The minimum absolute atomic E-state index is 0.373. The van der Waals surface area contributed by atoms with E-state index in [-0.39, 0.29) is 0 Å². The number of phenols is 1. The molecule has 1 heterocycles. The van der Waals surface area contributed by atoms with Crippen LogP contribution in [0.3, 0.4) is 0 Å². The molecule has 0 saturated carbocycles. The molecule has 0 aromatic heterocycles. The molecule has 1 aromatic rings. The monoisotopic (exact) mass is 313 g/mol. The van der Waals surface area contributed by atoms with Crippen molar-refractivity contribution < 1.29 is 18.3 Å². The second kappa shape index (κ2) is 6.00. The molecule has 4 nitrogen and oxygen atoms in total. The van der Waals surface area contributed by atoms with Crippen LogP contribution in [0.5, 0.6) is 5.75 Å². The van der Waals surface area contributed by atoms with Crippen molar-refractivity contribution in [2.24, 2.45) is 10.7 Å². The molecule has 0 spiro atoms. The highest BCUT2D eigenvalue weighted by Gasteiger charge is 2.33. The van der Waals surface area contributed by atoms with Crippen molar-refractivity contribution in [3.63, 3.8) is 0 Å². The van der Waals surface area contributed by atoms with Gasteiger partial charge in [0.2, 0.25) is 0 Å². The average Bonchev–Trinajstić information content (AvgIpc) is 2.57. The summed E-state index contributed by atoms with van der Waals surface area (Å²) < 4.78 is 38.1. The van der Waals surface area contributed by atoms with Crippen molar-refractivity contribution in [1.82, 2.24) is 4.90 Å². The first-order valence-corrected chi connectivity index (χ1v) is 6.87. The Bertz CT molecular complexity index is 623. The Hall–Kier alpha value is -2.02. The summed E-state index contributed by atoms with van der Waals surface area (Å²) >= 11 is 0. The third kappa shape index (κ3) is 3.24. The van der Waals surface area contributed by atoms with Gasteiger partial charge < -0.3 is 10.8 Å². The van der Waals surface area contributed by atoms with E-state index in [4.69, 9.17) is 5.73 Å². The summed E-state index contributed by atoms with van der Waals surface area (Å²) in [5.41, 5.74) is 5.97. The standard InChI is InChI=1S/C15H18F3N3O/c1-3-11-14(21(2)7-6-13(19)20-11)10-5-4-9(8-12(10)22)15(16,17)18/h4-6,8,14,22H,3,7,19H2,1-2H3. The molecule has 1 unspecified atom stereocenters. The summed E-state index contributed by atoms with van der Waals surface area (Å²) in [5.74, 6) is -0.0223. The van der Waals surface area contributed by atoms with Crippen LogP contribution in [0.25, 0.3) is 0 Å². The van der Waals surface area contributed by atoms with E-state index in [2.05, 4.69) is 4.99 Å². The number of aromatic hydroxyl groups is 1. The molecule has 3 N–H and O–H groups in total. The summed E-state index contributed by atoms with van der Waals surface area (Å²) in [6.45, 7) is 2.38. The molecule has 1 aliphatic rings. The van der Waals surface area contributed by atoms with Gasteiger partial charge in [0.05, 0.1) is 11.6 Å². The zero-order chi connectivity index (χ0) is 16.5. The van der Waals surface area contributed by atoms with Gasteiger partial charge in [0.15, 0.2) is 0 Å². The third-order valence-electron chi connectivity index (χ3n) is 3.63. The van der Waals surface area contributed by atoms with Crippen molar-refractivity contribution in [1.29, 1.82) is 0 Å². The number of phenolic OH excluding ortho intramolecular Hbond substituents is 1. The summed E-state index contributed by atoms with van der Waals surface area (Å²) in [4.78, 5) is 6.17. The molecule has 0 saturated heterocycles. The molecule has 0 amide bonds. The Morgan fingerprint density at radius 2 is 2.09 bits per heavy atom. The van der Waals surface area contributed by atoms with Gasteiger partial charge in [0.1, 0.15) is 11.6 Å². The maximum absolute atomic E-state index is 12.7. The van der Waals surface area contributed by atoms with Gasteiger partial charge in [-0.3, -0.25) is 4.90 Å². The number of alkyl halides is 3. The number of likely N-dealkylation sites (N-methyl/N-ethyl adjacent to an activating group) is 1. The lowest BCUT2D eigenvalue weighted by Gasteiger charge is -2.28. The van der Waals surface area contributed by atoms with Crippen molar-refractivity contribution in [3.05, 3.63) is 41.2 Å². The average molecular weight is 313 g/mol. The van der Waals surface area contributed by atoms with Gasteiger partial charge in [-0.05, 0) is 31.7 Å². The number of rotatable bonds is 2. The zero-order valence-corrected chi connectivity index (χ0v) is 12.4. The van der Waals surface area contributed by atoms with Crippen LogP contribution in [0.4, 0.5) is 13.2 Å². The topological polar surface area (TPSA) is 61.8 Å². The van der Waals surface area contributed by atoms with Crippen LogP contribution in [0, 0.1) is 0 Å². The lowest BCUT2D eigenvalue weighted by molar-refractivity contribution is -0.137. The molecular formula is C15H18F3N3O. The van der Waals surface area contributed by atoms with E-state index >= 15 is 0 Å². The largest absolute Gasteiger partial charge is 0.508 e. The predicted octanol–water partition coefficient (Wildman–Crippen LogP) is 3.05. The molecule has 120 valence electrons. The van der Waals surface area contributed by atoms with Crippen LogP contribution in [0.1, 0.15) is 30.5 Å². The second-order valence-electron chi connectivity index (χ2n) is 5.20. The van der Waals surface area contributed by atoms with Crippen LogP contribution >= 0.6 is 0 Å². The normalized spacial score (nSPS) is 20.3. The highest BCUT2D eigenvalue weighted by atomic mass is 19.4. The first kappa shape index (κ1) is 16.4. The Morgan fingerprint density at radius 1 is 1.41 bits per heavy atom. The number of nitrogens with two attached hydrogens (primary N) is 1. The van der Waals surface area contributed by atoms with E-state index in [0.29, 0.717) is 30.1 Å². The highest BCUT2D eigenvalue weighted by molar-refractivity contribution is 5.92. The third-order valence-corrected chi connectivity index (χ3v) is 3.63. The van der Waals surface area contributed by atoms with E-state index in [1.165, 1.54) is 6.07 Å². The van der Waals surface area contributed by atoms with Gasteiger partial charge >= 0.3 is 6.18 Å². The predicted molar refractivity (Wildman–Crippen MR) is 78.5 cm³/mol. The number of nitrogens with zero attached hydrogens (tertiary/aromatic N) is 2. The molecule has 1 aromatic carbocycles. The minimum Gasteiger partial charge on any atom is -0.508 e. The van der Waals surface area contributed by atoms with Crippen molar-refractivity contribution in [3.8, 4) is 5.75 Å². The van der Waals surface area contributed by atoms with Crippen LogP contribution < -0.4 is 5.73 Å². The molecule has 22 heavy (non-hydrogen) atoms. The number of aliphatic imine (C=N–C) groups is 1. The van der Waals surface area contributed by atoms with Crippen molar-refractivity contribution in [2.45, 2.75) is 25.6 Å². The van der Waals surface area contributed by atoms with Gasteiger partial charge in [-0.1, -0.05) is 13.0 Å². The Balaban J connectivity index is 2.47. The van der Waals surface area contributed by atoms with E-state index < -0.39 is 23.5 Å². The summed E-state index contributed by atoms with van der Waals surface area (Å²) in [7, 11) is 1.81. The lowest BCUT2D eigenvalue weighted by atomic mass is 9.96. The molecule has 0 radical (unpaired) electrons. The van der Waals surface area contributed by atoms with Gasteiger partial charge in [0, 0.05) is 17.8 Å². The van der Waals surface area contributed by atoms with Gasteiger partial charge in [0.25, 0.3) is 0 Å². The lowest BCUT2D eigenvalue weighted by Crippen LogP contribution is -2.30. The quantitative estimate of drug-likeness (QED) is 0.882. The number of hydrogen-bond donors (Lipinski definition) is 2. The van der Waals surface area contributed by atoms with Gasteiger partial charge in [-0.25, -0.2) is 4.99 Å². The number of hydrogen-bond acceptors (Lipinski definition) is 4. The molecule has 0 bridgehead atoms. The molecule has 2 rings (SSSR count). The Labute approximate surface area is 126 Å². The highest BCUT2D eigenvalue weighted by Crippen LogP contribution is 2.37. The van der Waals surface area contributed by atoms with Crippen molar-refractivity contribution in [2.75, 3.05) is 13.6 Å². The zero-order valence-electron chi connectivity index (χ0n) is 12.4. The van der Waals surface area contributed by atoms with Crippen LogP contribution in [0.2, 0.25) is 0 Å². The molecule has 0 fully saturated rings. The SMILES string of the molecule is CCC1=NC(N)=CCN(C)C1c1ccc(C(F)(F)F)cc1O. The van der Waals surface area contributed by atoms with Crippen LogP contribution in [-0.2, 0) is 6.18 Å². The van der Waals surface area contributed by atoms with E-state index in [1.807, 2.05) is 18.9 Å². The van der Waals surface area contributed by atoms with E-state index in [1.54, 1.807) is 6.08 Å². The first-order chi connectivity index (χ1) is 10.2. The first-order valence-electron chi connectivity index (χ1n) is 6.87. The van der Waals surface area contributed by atoms with Gasteiger partial charge in [-0.2, -0.15) is 13.2 Å². The minimum atomic E-state index is -4.49. The summed E-state index contributed by atoms with van der Waals surface area (Å²) in [6, 6.07) is 2.60. The summed E-state index contributed by atoms with van der Waals surface area (Å²) in [5, 5.41) is 10.1. The number of benzene rings is 1. The van der Waals surface area contributed by atoms with Gasteiger partial charge in [-0.15, -0.1) is 0 Å². The maximum atomic E-state index is 12.7. The smallest absolute Gasteiger partial charge is 0.416 e. The van der Waals surface area contributed by atoms with E-state index in [0.717, 1.165) is 12.1 Å². The molecular weight excluding hydrogens is 295 g/mol. The van der Waals surface area contributed by atoms with Crippen LogP contribution in [0.15, 0.2) is 35.1 Å². The summed E-state index contributed by atoms with van der Waals surface area (Å²) in [6.07, 6.45) is -2.18. The molecule has 1 aliphatic heterocycles. The fraction of sp³-hybridized carbons (Fsp3) is 0.400. The molecule has 7 heteroatoms. The molecule has 0 aliphatic carbocycles. The van der Waals surface area contributed by atoms with E-state index in [9.17, 15) is 18.3 Å². The Morgan fingerprint density at radius 3 is 2.64 bits per heavy atom. The molecule has 1 atom stereocenters. The Kier molecular flexibility index (Phi) is 4.46. The van der Waals surface area contributed by atoms with Crippen molar-refractivity contribution >= 4 is 5.71 Å². The fourth-order valence-electron chi connectivity index (χ4n) is 2.51. The second-order valence-corrected chi connectivity index (χ2v) is 5.20. The van der Waals surface area contributed by atoms with Crippen LogP contribution in [-0.4, -0.2) is 29.3 Å². The maximum Gasteiger partial charge on any atom is 0.416 e. The fourth-order valence-corrected chi connectivity index (χ4v) is 2.51. The number of halogens is 3.